The molecule has 0 atom stereocenters. The maximum Gasteiger partial charge on any atom is 0.247 e. The van der Waals surface area contributed by atoms with E-state index in [0.717, 1.165) is 31.6 Å². The highest BCUT2D eigenvalue weighted by Gasteiger charge is 2.18. The van der Waals surface area contributed by atoms with Gasteiger partial charge < -0.3 is 5.32 Å². The Kier molecular flexibility index (Phi) is 6.01. The van der Waals surface area contributed by atoms with Crippen LogP contribution in [0.15, 0.2) is 64.7 Å². The third kappa shape index (κ3) is 4.57. The molecule has 1 amide bonds. The summed E-state index contributed by atoms with van der Waals surface area (Å²) in [6.07, 6.45) is 3.44. The fraction of sp³-hybridized carbons (Fsp3) is 0.130. The summed E-state index contributed by atoms with van der Waals surface area (Å²) < 4.78 is 4.32. The van der Waals surface area contributed by atoms with E-state index >= 15 is 0 Å². The van der Waals surface area contributed by atoms with E-state index in [2.05, 4.69) is 42.5 Å². The minimum atomic E-state index is -0.279. The van der Waals surface area contributed by atoms with Crippen LogP contribution < -0.4 is 5.32 Å². The van der Waals surface area contributed by atoms with Crippen molar-refractivity contribution in [2.24, 2.45) is 0 Å². The van der Waals surface area contributed by atoms with Gasteiger partial charge in [0.05, 0.1) is 17.6 Å². The van der Waals surface area contributed by atoms with E-state index in [-0.39, 0.29) is 12.5 Å². The summed E-state index contributed by atoms with van der Waals surface area (Å²) in [5, 5.41) is 15.1. The number of carbonyl (C=O) groups excluding carboxylic acids is 1. The lowest BCUT2D eigenvalue weighted by Crippen LogP contribution is -2.20. The molecule has 7 nitrogen and oxygen atoms in total. The standard InChI is InChI=1S/C23H18BrClN6OS/c1-14-21-17(19-3-2-10-33-19)8-9-26-23(21)31(28-14)13-20(32)27-22-18(25)12-30(29-22)11-15-4-6-16(24)7-5-15/h2-10,12H,11,13H2,1H3,(H,27,29,32). The average Bonchev–Trinajstić information content (AvgIpc) is 3.51. The van der Waals surface area contributed by atoms with Crippen LogP contribution in [0.25, 0.3) is 21.5 Å². The molecular weight excluding hydrogens is 524 g/mol. The Balaban J connectivity index is 1.34. The molecule has 0 spiro atoms. The number of aromatic nitrogens is 5. The van der Waals surface area contributed by atoms with Crippen LogP contribution in [0.1, 0.15) is 11.3 Å². The number of carbonyl (C=O) groups is 1. The van der Waals surface area contributed by atoms with Gasteiger partial charge in [-0.2, -0.15) is 10.2 Å². The Hall–Kier alpha value is -3.01. The second kappa shape index (κ2) is 9.09. The molecule has 5 rings (SSSR count). The molecule has 0 saturated carbocycles. The molecule has 0 aliphatic carbocycles. The molecule has 0 aliphatic rings. The smallest absolute Gasteiger partial charge is 0.247 e. The lowest BCUT2D eigenvalue weighted by molar-refractivity contribution is -0.116. The summed E-state index contributed by atoms with van der Waals surface area (Å²) in [6, 6.07) is 14.0. The molecule has 0 fully saturated rings. The van der Waals surface area contributed by atoms with Crippen LogP contribution in [-0.2, 0) is 17.9 Å². The lowest BCUT2D eigenvalue weighted by Gasteiger charge is -2.05. The second-order valence-electron chi connectivity index (χ2n) is 7.48. The largest absolute Gasteiger partial charge is 0.306 e. The topological polar surface area (TPSA) is 77.6 Å². The van der Waals surface area contributed by atoms with Gasteiger partial charge in [0.25, 0.3) is 0 Å². The van der Waals surface area contributed by atoms with Gasteiger partial charge in [-0.3, -0.25) is 9.48 Å². The molecular formula is C23H18BrClN6OS. The third-order valence-electron chi connectivity index (χ3n) is 5.12. The predicted octanol–water partition coefficient (Wildman–Crippen LogP) is 5.77. The van der Waals surface area contributed by atoms with Crippen LogP contribution in [0.3, 0.4) is 0 Å². The zero-order valence-corrected chi connectivity index (χ0v) is 20.7. The number of halogens is 2. The molecule has 10 heteroatoms. The Morgan fingerprint density at radius 2 is 2.00 bits per heavy atom. The Morgan fingerprint density at radius 3 is 2.76 bits per heavy atom. The molecule has 33 heavy (non-hydrogen) atoms. The number of hydrogen-bond acceptors (Lipinski definition) is 5. The van der Waals surface area contributed by atoms with Gasteiger partial charge >= 0.3 is 0 Å². The number of anilines is 1. The van der Waals surface area contributed by atoms with Crippen LogP contribution in [0, 0.1) is 6.92 Å². The summed E-state index contributed by atoms with van der Waals surface area (Å²) in [7, 11) is 0. The van der Waals surface area contributed by atoms with Crippen LogP contribution >= 0.6 is 38.9 Å². The van der Waals surface area contributed by atoms with E-state index in [1.54, 1.807) is 33.1 Å². The molecule has 1 aromatic carbocycles. The first-order valence-electron chi connectivity index (χ1n) is 10.1. The van der Waals surface area contributed by atoms with Crippen molar-refractivity contribution < 1.29 is 4.79 Å². The number of nitrogens with zero attached hydrogens (tertiary/aromatic N) is 5. The number of hydrogen-bond donors (Lipinski definition) is 1. The zero-order valence-electron chi connectivity index (χ0n) is 17.5. The van der Waals surface area contributed by atoms with Crippen LogP contribution in [-0.4, -0.2) is 30.5 Å². The molecule has 4 heterocycles. The number of rotatable bonds is 6. The minimum absolute atomic E-state index is 0.00113. The van der Waals surface area contributed by atoms with Gasteiger partial charge in [-0.15, -0.1) is 11.3 Å². The first-order chi connectivity index (χ1) is 16.0. The molecule has 0 saturated heterocycles. The van der Waals surface area contributed by atoms with E-state index in [1.807, 2.05) is 48.7 Å². The lowest BCUT2D eigenvalue weighted by atomic mass is 10.1. The maximum absolute atomic E-state index is 12.8. The van der Waals surface area contributed by atoms with Crippen LogP contribution in [0.2, 0.25) is 5.02 Å². The number of pyridine rings is 1. The quantitative estimate of drug-likeness (QED) is 0.296. The van der Waals surface area contributed by atoms with Gasteiger partial charge in [0.2, 0.25) is 5.91 Å². The molecule has 166 valence electrons. The summed E-state index contributed by atoms with van der Waals surface area (Å²) >= 11 is 11.4. The van der Waals surface area contributed by atoms with Crippen molar-refractivity contribution in [2.45, 2.75) is 20.0 Å². The maximum atomic E-state index is 12.8. The monoisotopic (exact) mass is 540 g/mol. The van der Waals surface area contributed by atoms with Crippen molar-refractivity contribution >= 4 is 61.6 Å². The third-order valence-corrected chi connectivity index (χ3v) is 6.83. The first kappa shape index (κ1) is 21.8. The van der Waals surface area contributed by atoms with Crippen molar-refractivity contribution in [3.8, 4) is 10.4 Å². The van der Waals surface area contributed by atoms with Gasteiger partial charge in [-0.25, -0.2) is 9.67 Å². The molecule has 1 N–H and O–H groups in total. The Bertz CT molecular complexity index is 1440. The van der Waals surface area contributed by atoms with E-state index in [1.165, 1.54) is 0 Å². The predicted molar refractivity (Wildman–Crippen MR) is 135 cm³/mol. The summed E-state index contributed by atoms with van der Waals surface area (Å²) in [4.78, 5) is 18.4. The number of fused-ring (bicyclic) bond motifs is 1. The van der Waals surface area contributed by atoms with Crippen molar-refractivity contribution in [3.05, 3.63) is 81.0 Å². The highest BCUT2D eigenvalue weighted by molar-refractivity contribution is 9.10. The van der Waals surface area contributed by atoms with Gasteiger partial charge in [-0.1, -0.05) is 45.7 Å². The average molecular weight is 542 g/mol. The summed E-state index contributed by atoms with van der Waals surface area (Å²) in [5.41, 5.74) is 3.63. The number of amides is 1. The highest BCUT2D eigenvalue weighted by atomic mass is 79.9. The van der Waals surface area contributed by atoms with E-state index in [0.29, 0.717) is 23.0 Å². The Morgan fingerprint density at radius 1 is 1.18 bits per heavy atom. The number of thiophene rings is 1. The fourth-order valence-electron chi connectivity index (χ4n) is 3.68. The first-order valence-corrected chi connectivity index (χ1v) is 12.2. The molecule has 0 unspecified atom stereocenters. The number of nitrogens with one attached hydrogen (secondary N) is 1. The molecule has 0 bridgehead atoms. The molecule has 5 aromatic rings. The van der Waals surface area contributed by atoms with Gasteiger partial charge in [0.15, 0.2) is 11.5 Å². The van der Waals surface area contributed by atoms with Crippen molar-refractivity contribution in [3.63, 3.8) is 0 Å². The number of benzene rings is 1. The number of aryl methyl sites for hydroxylation is 1. The van der Waals surface area contributed by atoms with E-state index < -0.39 is 0 Å². The molecule has 0 radical (unpaired) electrons. The second-order valence-corrected chi connectivity index (χ2v) is 9.75. The van der Waals surface area contributed by atoms with Crippen molar-refractivity contribution in [1.29, 1.82) is 0 Å². The van der Waals surface area contributed by atoms with E-state index in [9.17, 15) is 4.79 Å². The van der Waals surface area contributed by atoms with Gasteiger partial charge in [-0.05, 0) is 42.1 Å². The molecule has 0 aliphatic heterocycles. The highest BCUT2D eigenvalue weighted by Crippen LogP contribution is 2.32. The summed E-state index contributed by atoms with van der Waals surface area (Å²) in [5.74, 6) is 0.0396. The summed E-state index contributed by atoms with van der Waals surface area (Å²) in [6.45, 7) is 2.47. The van der Waals surface area contributed by atoms with Crippen LogP contribution in [0.5, 0.6) is 0 Å². The van der Waals surface area contributed by atoms with Crippen LogP contribution in [0.4, 0.5) is 5.82 Å². The molecule has 4 aromatic heterocycles. The SMILES string of the molecule is Cc1nn(CC(=O)Nc2nn(Cc3ccc(Br)cc3)cc2Cl)c2nccc(-c3cccs3)c12. The fourth-order valence-corrected chi connectivity index (χ4v) is 4.90. The minimum Gasteiger partial charge on any atom is -0.306 e. The van der Waals surface area contributed by atoms with Crippen molar-refractivity contribution in [1.82, 2.24) is 24.5 Å². The van der Waals surface area contributed by atoms with Gasteiger partial charge in [0, 0.05) is 27.3 Å². The zero-order chi connectivity index (χ0) is 22.9. The normalized spacial score (nSPS) is 11.2. The van der Waals surface area contributed by atoms with E-state index in [4.69, 9.17) is 11.6 Å². The Labute approximate surface area is 207 Å². The van der Waals surface area contributed by atoms with Crippen molar-refractivity contribution in [2.75, 3.05) is 5.32 Å². The van der Waals surface area contributed by atoms with Gasteiger partial charge in [0.1, 0.15) is 11.6 Å².